The van der Waals surface area contributed by atoms with Crippen molar-refractivity contribution in [2.75, 3.05) is 6.61 Å². The minimum absolute atomic E-state index is 0.106. The van der Waals surface area contributed by atoms with Gasteiger partial charge in [0.15, 0.2) is 5.60 Å². The fourth-order valence-corrected chi connectivity index (χ4v) is 0.723. The fourth-order valence-electron chi connectivity index (χ4n) is 0.723. The molecule has 0 radical (unpaired) electrons. The predicted molar refractivity (Wildman–Crippen MR) is 39.2 cm³/mol. The molecule has 4 nitrogen and oxygen atoms in total. The van der Waals surface area contributed by atoms with Gasteiger partial charge >= 0.3 is 5.97 Å². The molecule has 0 saturated heterocycles. The van der Waals surface area contributed by atoms with Crippen molar-refractivity contribution in [3.05, 3.63) is 0 Å². The molecule has 0 aliphatic rings. The summed E-state index contributed by atoms with van der Waals surface area (Å²) in [5, 5.41) is 26.2. The largest absolute Gasteiger partial charge is 0.479 e. The zero-order chi connectivity index (χ0) is 8.91. The molecule has 0 aromatic rings. The van der Waals surface area contributed by atoms with E-state index in [1.807, 2.05) is 6.92 Å². The second-order valence-electron chi connectivity index (χ2n) is 2.60. The van der Waals surface area contributed by atoms with Crippen molar-refractivity contribution in [3.8, 4) is 0 Å². The van der Waals surface area contributed by atoms with Crippen LogP contribution in [-0.4, -0.2) is 33.5 Å². The van der Waals surface area contributed by atoms with Crippen LogP contribution in [0.1, 0.15) is 26.2 Å². The Hall–Kier alpha value is -0.610. The van der Waals surface area contributed by atoms with Crippen molar-refractivity contribution >= 4 is 5.97 Å². The molecule has 0 amide bonds. The van der Waals surface area contributed by atoms with Gasteiger partial charge in [-0.05, 0) is 6.42 Å². The topological polar surface area (TPSA) is 77.8 Å². The number of unbranched alkanes of at least 4 members (excludes halogenated alkanes) is 1. The normalized spacial score (nSPS) is 15.9. The Morgan fingerprint density at radius 1 is 1.55 bits per heavy atom. The number of carboxylic acid groups (broad SMARTS) is 1. The summed E-state index contributed by atoms with van der Waals surface area (Å²) in [6, 6.07) is 0. The van der Waals surface area contributed by atoms with Crippen LogP contribution >= 0.6 is 0 Å². The van der Waals surface area contributed by atoms with Crippen LogP contribution in [0, 0.1) is 0 Å². The molecule has 0 saturated carbocycles. The van der Waals surface area contributed by atoms with E-state index in [-0.39, 0.29) is 6.42 Å². The quantitative estimate of drug-likeness (QED) is 0.531. The van der Waals surface area contributed by atoms with Crippen LogP contribution in [0.4, 0.5) is 0 Å². The molecule has 0 spiro atoms. The summed E-state index contributed by atoms with van der Waals surface area (Å²) in [7, 11) is 0. The maximum atomic E-state index is 10.3. The SMILES string of the molecule is CCCCC(O)(CO)C(=O)O. The second kappa shape index (κ2) is 4.31. The van der Waals surface area contributed by atoms with Gasteiger partial charge in [0.1, 0.15) is 0 Å². The van der Waals surface area contributed by atoms with Gasteiger partial charge in [-0.2, -0.15) is 0 Å². The summed E-state index contributed by atoms with van der Waals surface area (Å²) >= 11 is 0. The van der Waals surface area contributed by atoms with E-state index in [0.29, 0.717) is 6.42 Å². The van der Waals surface area contributed by atoms with E-state index in [2.05, 4.69) is 0 Å². The van der Waals surface area contributed by atoms with Gasteiger partial charge in [0.2, 0.25) is 0 Å². The highest BCUT2D eigenvalue weighted by atomic mass is 16.4. The average Bonchev–Trinajstić information content (AvgIpc) is 2.00. The van der Waals surface area contributed by atoms with Gasteiger partial charge in [-0.1, -0.05) is 19.8 Å². The molecule has 0 bridgehead atoms. The third-order valence-electron chi connectivity index (χ3n) is 1.60. The predicted octanol–water partition coefficient (Wildman–Crippen LogP) is -0.0154. The Bertz CT molecular complexity index is 134. The van der Waals surface area contributed by atoms with Crippen LogP contribution in [0.15, 0.2) is 0 Å². The molecule has 0 aliphatic carbocycles. The molecule has 0 rings (SSSR count). The molecule has 0 aromatic heterocycles. The van der Waals surface area contributed by atoms with Crippen molar-refractivity contribution in [3.63, 3.8) is 0 Å². The zero-order valence-corrected chi connectivity index (χ0v) is 6.58. The molecule has 66 valence electrons. The minimum Gasteiger partial charge on any atom is -0.479 e. The lowest BCUT2D eigenvalue weighted by molar-refractivity contribution is -0.163. The molecule has 0 aliphatic heterocycles. The Labute approximate surface area is 65.5 Å². The number of rotatable bonds is 5. The van der Waals surface area contributed by atoms with E-state index < -0.39 is 18.2 Å². The molecule has 1 unspecified atom stereocenters. The Balaban J connectivity index is 3.99. The first-order chi connectivity index (χ1) is 5.06. The van der Waals surface area contributed by atoms with E-state index in [1.165, 1.54) is 0 Å². The minimum atomic E-state index is -1.93. The Kier molecular flexibility index (Phi) is 4.07. The van der Waals surface area contributed by atoms with Gasteiger partial charge < -0.3 is 15.3 Å². The summed E-state index contributed by atoms with van der Waals surface area (Å²) in [5.74, 6) is -1.35. The highest BCUT2D eigenvalue weighted by Crippen LogP contribution is 2.13. The lowest BCUT2D eigenvalue weighted by Gasteiger charge is -2.19. The molecular weight excluding hydrogens is 148 g/mol. The number of carboxylic acids is 1. The van der Waals surface area contributed by atoms with Crippen LogP contribution in [0.3, 0.4) is 0 Å². The molecule has 1 atom stereocenters. The summed E-state index contributed by atoms with van der Waals surface area (Å²) in [6.45, 7) is 1.17. The smallest absolute Gasteiger partial charge is 0.338 e. The van der Waals surface area contributed by atoms with E-state index in [0.717, 1.165) is 6.42 Å². The summed E-state index contributed by atoms with van der Waals surface area (Å²) in [6.07, 6.45) is 1.51. The lowest BCUT2D eigenvalue weighted by atomic mass is 9.98. The molecule has 3 N–H and O–H groups in total. The zero-order valence-electron chi connectivity index (χ0n) is 6.58. The molecular formula is C7H14O4. The highest BCUT2D eigenvalue weighted by Gasteiger charge is 2.34. The highest BCUT2D eigenvalue weighted by molar-refractivity contribution is 5.77. The molecule has 4 heteroatoms. The third kappa shape index (κ3) is 2.86. The molecule has 11 heavy (non-hydrogen) atoms. The van der Waals surface area contributed by atoms with Crippen molar-refractivity contribution in [2.24, 2.45) is 0 Å². The molecule has 0 aromatic carbocycles. The second-order valence-corrected chi connectivity index (χ2v) is 2.60. The van der Waals surface area contributed by atoms with Gasteiger partial charge in [-0.15, -0.1) is 0 Å². The van der Waals surface area contributed by atoms with E-state index in [1.54, 1.807) is 0 Å². The fraction of sp³-hybridized carbons (Fsp3) is 0.857. The molecule has 0 heterocycles. The number of aliphatic carboxylic acids is 1. The lowest BCUT2D eigenvalue weighted by Crippen LogP contribution is -2.42. The van der Waals surface area contributed by atoms with E-state index in [9.17, 15) is 9.90 Å². The first-order valence-corrected chi connectivity index (χ1v) is 3.63. The standard InChI is InChI=1S/C7H14O4/c1-2-3-4-7(11,5-8)6(9)10/h8,11H,2-5H2,1H3,(H,9,10). The maximum absolute atomic E-state index is 10.3. The summed E-state index contributed by atoms with van der Waals surface area (Å²) in [4.78, 5) is 10.3. The summed E-state index contributed by atoms with van der Waals surface area (Å²) in [5.41, 5.74) is -1.93. The van der Waals surface area contributed by atoms with Gasteiger partial charge in [-0.25, -0.2) is 4.79 Å². The maximum Gasteiger partial charge on any atom is 0.338 e. The average molecular weight is 162 g/mol. The number of hydrogen-bond acceptors (Lipinski definition) is 3. The van der Waals surface area contributed by atoms with Crippen LogP contribution < -0.4 is 0 Å². The Morgan fingerprint density at radius 3 is 2.36 bits per heavy atom. The van der Waals surface area contributed by atoms with Crippen LogP contribution in [0.2, 0.25) is 0 Å². The van der Waals surface area contributed by atoms with Crippen LogP contribution in [0.5, 0.6) is 0 Å². The van der Waals surface area contributed by atoms with Crippen molar-refractivity contribution < 1.29 is 20.1 Å². The van der Waals surface area contributed by atoms with Crippen molar-refractivity contribution in [1.82, 2.24) is 0 Å². The van der Waals surface area contributed by atoms with Gasteiger partial charge in [0.05, 0.1) is 6.61 Å². The number of aliphatic hydroxyl groups excluding tert-OH is 1. The van der Waals surface area contributed by atoms with E-state index in [4.69, 9.17) is 10.2 Å². The van der Waals surface area contributed by atoms with Crippen molar-refractivity contribution in [1.29, 1.82) is 0 Å². The first-order valence-electron chi connectivity index (χ1n) is 3.63. The molecule has 0 fully saturated rings. The van der Waals surface area contributed by atoms with Crippen LogP contribution in [-0.2, 0) is 4.79 Å². The van der Waals surface area contributed by atoms with Crippen LogP contribution in [0.25, 0.3) is 0 Å². The number of carbonyl (C=O) groups is 1. The van der Waals surface area contributed by atoms with Crippen molar-refractivity contribution in [2.45, 2.75) is 31.8 Å². The monoisotopic (exact) mass is 162 g/mol. The van der Waals surface area contributed by atoms with E-state index >= 15 is 0 Å². The van der Waals surface area contributed by atoms with Gasteiger partial charge in [-0.3, -0.25) is 0 Å². The number of hydrogen-bond donors (Lipinski definition) is 3. The van der Waals surface area contributed by atoms with Gasteiger partial charge in [0.25, 0.3) is 0 Å². The number of aliphatic hydroxyl groups is 2. The first kappa shape index (κ1) is 10.4. The third-order valence-corrected chi connectivity index (χ3v) is 1.60. The Morgan fingerprint density at radius 2 is 2.09 bits per heavy atom. The van der Waals surface area contributed by atoms with Gasteiger partial charge in [0, 0.05) is 0 Å². The summed E-state index contributed by atoms with van der Waals surface area (Å²) < 4.78 is 0.